The SMILES string of the molecule is Cc1nn(-c2ccnc(Nc3ccc4c(c3)c(C(=O)C3CC3)cn4C)n2)cc1CN1CC(C)(O)CCO1. The Bertz CT molecular complexity index is 1480. The molecular formula is C27H31N7O3. The van der Waals surface area contributed by atoms with Crippen LogP contribution >= 0.6 is 0 Å². The molecule has 2 aliphatic rings. The van der Waals surface area contributed by atoms with Gasteiger partial charge >= 0.3 is 0 Å². The van der Waals surface area contributed by atoms with Crippen LogP contribution in [0.1, 0.15) is 47.8 Å². The Balaban J connectivity index is 1.22. The molecule has 1 saturated carbocycles. The van der Waals surface area contributed by atoms with E-state index in [0.717, 1.165) is 46.3 Å². The number of hydroxylamine groups is 2. The Hall–Kier alpha value is -3.60. The smallest absolute Gasteiger partial charge is 0.229 e. The number of hydrogen-bond acceptors (Lipinski definition) is 8. The Morgan fingerprint density at radius 1 is 1.27 bits per heavy atom. The summed E-state index contributed by atoms with van der Waals surface area (Å²) in [7, 11) is 1.96. The Labute approximate surface area is 214 Å². The molecule has 0 amide bonds. The molecule has 2 fully saturated rings. The van der Waals surface area contributed by atoms with E-state index in [1.165, 1.54) is 0 Å². The fourth-order valence-electron chi connectivity index (χ4n) is 4.86. The number of β-amino-alcohol motifs (C(OH)–C–C–N with tert-alkyl or cyclic N) is 1. The number of carbonyl (C=O) groups is 1. The lowest BCUT2D eigenvalue weighted by Crippen LogP contribution is -2.46. The number of rotatable bonds is 7. The van der Waals surface area contributed by atoms with Gasteiger partial charge < -0.3 is 15.0 Å². The topological polar surface area (TPSA) is 110 Å². The Morgan fingerprint density at radius 2 is 2.11 bits per heavy atom. The van der Waals surface area contributed by atoms with Crippen molar-refractivity contribution in [1.29, 1.82) is 0 Å². The molecule has 37 heavy (non-hydrogen) atoms. The first-order valence-corrected chi connectivity index (χ1v) is 12.6. The zero-order valence-electron chi connectivity index (χ0n) is 21.3. The van der Waals surface area contributed by atoms with Crippen molar-refractivity contribution in [3.05, 3.63) is 59.7 Å². The third-order valence-electron chi connectivity index (χ3n) is 7.11. The number of fused-ring (bicyclic) bond motifs is 1. The van der Waals surface area contributed by atoms with Crippen LogP contribution in [-0.4, -0.2) is 59.0 Å². The lowest BCUT2D eigenvalue weighted by atomic mass is 10.0. The van der Waals surface area contributed by atoms with E-state index in [-0.39, 0.29) is 11.7 Å². The quantitative estimate of drug-likeness (QED) is 0.369. The highest BCUT2D eigenvalue weighted by molar-refractivity contribution is 6.10. The number of anilines is 2. The molecule has 1 aromatic carbocycles. The van der Waals surface area contributed by atoms with E-state index in [9.17, 15) is 9.90 Å². The molecule has 1 aliphatic heterocycles. The molecule has 3 aromatic heterocycles. The molecule has 1 atom stereocenters. The molecule has 4 aromatic rings. The number of benzene rings is 1. The second kappa shape index (κ2) is 9.05. The normalized spacial score (nSPS) is 20.4. The Morgan fingerprint density at radius 3 is 2.89 bits per heavy atom. The average molecular weight is 502 g/mol. The number of aliphatic hydroxyl groups is 1. The lowest BCUT2D eigenvalue weighted by Gasteiger charge is -2.35. The first kappa shape index (κ1) is 23.8. The van der Waals surface area contributed by atoms with Gasteiger partial charge in [0.1, 0.15) is 0 Å². The molecule has 0 spiro atoms. The molecule has 10 nitrogen and oxygen atoms in total. The molecule has 0 radical (unpaired) electrons. The molecule has 192 valence electrons. The second-order valence-corrected chi connectivity index (χ2v) is 10.5. The first-order chi connectivity index (χ1) is 17.8. The number of ketones is 1. The number of aromatic nitrogens is 5. The number of aryl methyl sites for hydroxylation is 2. The summed E-state index contributed by atoms with van der Waals surface area (Å²) < 4.78 is 3.73. The van der Waals surface area contributed by atoms with Gasteiger partial charge in [0, 0.05) is 71.8 Å². The van der Waals surface area contributed by atoms with E-state index in [1.807, 2.05) is 56.1 Å². The summed E-state index contributed by atoms with van der Waals surface area (Å²) in [6.45, 7) is 5.24. The highest BCUT2D eigenvalue weighted by Crippen LogP contribution is 2.36. The molecule has 1 aliphatic carbocycles. The molecule has 1 unspecified atom stereocenters. The summed E-state index contributed by atoms with van der Waals surface area (Å²) in [4.78, 5) is 27.6. The number of nitrogens with zero attached hydrogens (tertiary/aromatic N) is 6. The van der Waals surface area contributed by atoms with Gasteiger partial charge in [-0.05, 0) is 44.9 Å². The van der Waals surface area contributed by atoms with Crippen molar-refractivity contribution < 1.29 is 14.7 Å². The van der Waals surface area contributed by atoms with Crippen molar-refractivity contribution >= 4 is 28.3 Å². The number of carbonyl (C=O) groups excluding carboxylic acids is 1. The van der Waals surface area contributed by atoms with Gasteiger partial charge in [0.15, 0.2) is 11.6 Å². The second-order valence-electron chi connectivity index (χ2n) is 10.5. The van der Waals surface area contributed by atoms with Gasteiger partial charge in [-0.15, -0.1) is 0 Å². The molecule has 10 heteroatoms. The van der Waals surface area contributed by atoms with E-state index in [1.54, 1.807) is 22.0 Å². The van der Waals surface area contributed by atoms with Gasteiger partial charge in [-0.25, -0.2) is 9.67 Å². The van der Waals surface area contributed by atoms with Crippen LogP contribution in [0.15, 0.2) is 42.9 Å². The van der Waals surface area contributed by atoms with Crippen LogP contribution in [0.4, 0.5) is 11.6 Å². The number of Topliss-reactive ketones (excluding diaryl/α,β-unsaturated/α-hetero) is 1. The minimum absolute atomic E-state index is 0.166. The minimum atomic E-state index is -0.760. The monoisotopic (exact) mass is 501 g/mol. The van der Waals surface area contributed by atoms with Gasteiger partial charge in [-0.1, -0.05) is 0 Å². The van der Waals surface area contributed by atoms with E-state index in [2.05, 4.69) is 20.4 Å². The largest absolute Gasteiger partial charge is 0.389 e. The van der Waals surface area contributed by atoms with E-state index in [4.69, 9.17) is 4.84 Å². The van der Waals surface area contributed by atoms with Crippen LogP contribution in [0.25, 0.3) is 16.7 Å². The van der Waals surface area contributed by atoms with Crippen molar-refractivity contribution in [1.82, 2.24) is 29.4 Å². The molecule has 6 rings (SSSR count). The maximum absolute atomic E-state index is 12.8. The number of hydrogen-bond donors (Lipinski definition) is 2. The van der Waals surface area contributed by atoms with Crippen LogP contribution in [0.3, 0.4) is 0 Å². The van der Waals surface area contributed by atoms with Crippen LogP contribution in [-0.2, 0) is 18.4 Å². The maximum atomic E-state index is 12.8. The van der Waals surface area contributed by atoms with E-state index >= 15 is 0 Å². The predicted molar refractivity (Wildman–Crippen MR) is 139 cm³/mol. The first-order valence-electron chi connectivity index (χ1n) is 12.6. The molecule has 1 saturated heterocycles. The van der Waals surface area contributed by atoms with E-state index in [0.29, 0.717) is 37.9 Å². The number of nitrogens with one attached hydrogen (secondary N) is 1. The van der Waals surface area contributed by atoms with Crippen molar-refractivity contribution in [2.75, 3.05) is 18.5 Å². The van der Waals surface area contributed by atoms with Crippen molar-refractivity contribution in [2.45, 2.75) is 45.3 Å². The summed E-state index contributed by atoms with van der Waals surface area (Å²) in [6.07, 6.45) is 8.13. The van der Waals surface area contributed by atoms with Crippen LogP contribution in [0.2, 0.25) is 0 Å². The highest BCUT2D eigenvalue weighted by Gasteiger charge is 2.32. The lowest BCUT2D eigenvalue weighted by molar-refractivity contribution is -0.234. The molecule has 0 bridgehead atoms. The van der Waals surface area contributed by atoms with Crippen LogP contribution in [0.5, 0.6) is 0 Å². The Kier molecular flexibility index (Phi) is 5.82. The van der Waals surface area contributed by atoms with Gasteiger partial charge in [-0.2, -0.15) is 15.1 Å². The summed E-state index contributed by atoms with van der Waals surface area (Å²) in [6, 6.07) is 7.77. The standard InChI is InChI=1S/C27H31N7O3/c1-17-19(13-33-16-27(2,36)9-11-37-33)14-34(31-17)24-8-10-28-26(30-24)29-20-6-7-23-21(12-20)22(15-32(23)3)25(35)18-4-5-18/h6-8,10,12,14-15,18,36H,4-5,9,11,13,16H2,1-3H3,(H,28,29,30). The third kappa shape index (κ3) is 4.87. The molecule has 4 heterocycles. The van der Waals surface area contributed by atoms with Crippen LogP contribution < -0.4 is 5.32 Å². The van der Waals surface area contributed by atoms with E-state index < -0.39 is 5.60 Å². The predicted octanol–water partition coefficient (Wildman–Crippen LogP) is 3.69. The van der Waals surface area contributed by atoms with Crippen molar-refractivity contribution in [2.24, 2.45) is 13.0 Å². The zero-order chi connectivity index (χ0) is 25.7. The maximum Gasteiger partial charge on any atom is 0.229 e. The van der Waals surface area contributed by atoms with Gasteiger partial charge in [-0.3, -0.25) is 9.63 Å². The van der Waals surface area contributed by atoms with Crippen molar-refractivity contribution in [3.8, 4) is 5.82 Å². The van der Waals surface area contributed by atoms with Gasteiger partial charge in [0.25, 0.3) is 0 Å². The van der Waals surface area contributed by atoms with Crippen molar-refractivity contribution in [3.63, 3.8) is 0 Å². The molecule has 2 N–H and O–H groups in total. The van der Waals surface area contributed by atoms with Crippen LogP contribution in [0, 0.1) is 12.8 Å². The summed E-state index contributed by atoms with van der Waals surface area (Å²) in [5.41, 5.74) is 3.70. The average Bonchev–Trinajstić information content (AvgIpc) is 3.58. The zero-order valence-corrected chi connectivity index (χ0v) is 21.3. The highest BCUT2D eigenvalue weighted by atomic mass is 16.7. The summed E-state index contributed by atoms with van der Waals surface area (Å²) in [5.74, 6) is 1.46. The molecular weight excluding hydrogens is 470 g/mol. The summed E-state index contributed by atoms with van der Waals surface area (Å²) >= 11 is 0. The fourth-order valence-corrected chi connectivity index (χ4v) is 4.86. The van der Waals surface area contributed by atoms with Gasteiger partial charge in [0.2, 0.25) is 5.95 Å². The third-order valence-corrected chi connectivity index (χ3v) is 7.11. The van der Waals surface area contributed by atoms with Gasteiger partial charge in [0.05, 0.1) is 31.0 Å². The fraction of sp³-hybridized carbons (Fsp3) is 0.407. The minimum Gasteiger partial charge on any atom is -0.389 e. The summed E-state index contributed by atoms with van der Waals surface area (Å²) in [5, 5.41) is 21.0.